The van der Waals surface area contributed by atoms with Gasteiger partial charge in [-0.3, -0.25) is 30.6 Å². The number of hydrogen-bond donors (Lipinski definition) is 2. The molecule has 176 valence electrons. The normalized spacial score (nSPS) is 10.1. The molecule has 2 rings (SSSR count). The first-order chi connectivity index (χ1) is 15.8. The SMILES string of the molecule is CCCCOc1ccc(C(=O)OCC(=O)NNC(=O)c2cccc([N+](=O)[O-])c2)cc1OCC. The average molecular weight is 459 g/mol. The van der Waals surface area contributed by atoms with Crippen LogP contribution in [-0.4, -0.2) is 42.5 Å². The fraction of sp³-hybridized carbons (Fsp3) is 0.318. The number of non-ortho nitro benzene ring substituents is 1. The van der Waals surface area contributed by atoms with Gasteiger partial charge in [0.1, 0.15) is 0 Å². The second kappa shape index (κ2) is 12.6. The minimum atomic E-state index is -0.799. The Hall–Kier alpha value is -4.15. The van der Waals surface area contributed by atoms with Crippen molar-refractivity contribution >= 4 is 23.5 Å². The van der Waals surface area contributed by atoms with Gasteiger partial charge in [0.2, 0.25) is 0 Å². The third-order valence-corrected chi connectivity index (χ3v) is 4.20. The summed E-state index contributed by atoms with van der Waals surface area (Å²) in [4.78, 5) is 46.4. The van der Waals surface area contributed by atoms with Crippen LogP contribution in [0.5, 0.6) is 11.5 Å². The van der Waals surface area contributed by atoms with E-state index in [9.17, 15) is 24.5 Å². The molecule has 2 N–H and O–H groups in total. The van der Waals surface area contributed by atoms with E-state index in [4.69, 9.17) is 14.2 Å². The van der Waals surface area contributed by atoms with Gasteiger partial charge in [-0.15, -0.1) is 0 Å². The lowest BCUT2D eigenvalue weighted by atomic mass is 10.2. The van der Waals surface area contributed by atoms with Crippen LogP contribution >= 0.6 is 0 Å². The number of carbonyl (C=O) groups is 3. The third kappa shape index (κ3) is 7.80. The first-order valence-electron chi connectivity index (χ1n) is 10.3. The third-order valence-electron chi connectivity index (χ3n) is 4.20. The van der Waals surface area contributed by atoms with Crippen molar-refractivity contribution < 1.29 is 33.5 Å². The molecule has 0 saturated heterocycles. The minimum Gasteiger partial charge on any atom is -0.490 e. The van der Waals surface area contributed by atoms with Gasteiger partial charge >= 0.3 is 5.97 Å². The summed E-state index contributed by atoms with van der Waals surface area (Å²) in [6, 6.07) is 9.54. The molecule has 11 heteroatoms. The predicted octanol–water partition coefficient (Wildman–Crippen LogP) is 2.79. The van der Waals surface area contributed by atoms with Crippen molar-refractivity contribution in [2.75, 3.05) is 19.8 Å². The van der Waals surface area contributed by atoms with Gasteiger partial charge in [0, 0.05) is 17.7 Å². The van der Waals surface area contributed by atoms with Gasteiger partial charge in [-0.05, 0) is 37.6 Å². The first kappa shape index (κ1) is 25.1. The molecule has 0 saturated carbocycles. The zero-order valence-corrected chi connectivity index (χ0v) is 18.3. The van der Waals surface area contributed by atoms with Crippen LogP contribution in [-0.2, 0) is 9.53 Å². The largest absolute Gasteiger partial charge is 0.490 e. The summed E-state index contributed by atoms with van der Waals surface area (Å²) in [6.07, 6.45) is 1.85. The molecule has 0 heterocycles. The molecule has 0 aliphatic rings. The Morgan fingerprint density at radius 1 is 0.970 bits per heavy atom. The number of unbranched alkanes of at least 4 members (excludes halogenated alkanes) is 1. The number of nitro benzene ring substituents is 1. The number of ether oxygens (including phenoxy) is 3. The van der Waals surface area contributed by atoms with E-state index in [0.717, 1.165) is 18.9 Å². The Balaban J connectivity index is 1.88. The van der Waals surface area contributed by atoms with Crippen LogP contribution in [0.25, 0.3) is 0 Å². The number of carbonyl (C=O) groups excluding carboxylic acids is 3. The van der Waals surface area contributed by atoms with Crippen LogP contribution in [0.4, 0.5) is 5.69 Å². The minimum absolute atomic E-state index is 0.0220. The molecule has 0 fully saturated rings. The number of nitrogens with zero attached hydrogens (tertiary/aromatic N) is 1. The fourth-order valence-electron chi connectivity index (χ4n) is 2.56. The van der Waals surface area contributed by atoms with E-state index in [2.05, 4.69) is 10.9 Å². The predicted molar refractivity (Wildman–Crippen MR) is 117 cm³/mol. The number of nitro groups is 1. The van der Waals surface area contributed by atoms with Crippen molar-refractivity contribution in [1.82, 2.24) is 10.9 Å². The summed E-state index contributed by atoms with van der Waals surface area (Å²) in [7, 11) is 0. The van der Waals surface area contributed by atoms with E-state index < -0.39 is 29.3 Å². The molecule has 33 heavy (non-hydrogen) atoms. The molecule has 0 aliphatic heterocycles. The van der Waals surface area contributed by atoms with Crippen molar-refractivity contribution in [3.05, 3.63) is 63.7 Å². The maximum atomic E-state index is 12.3. The molecule has 0 aromatic heterocycles. The van der Waals surface area contributed by atoms with Gasteiger partial charge in [-0.2, -0.15) is 0 Å². The quantitative estimate of drug-likeness (QED) is 0.226. The van der Waals surface area contributed by atoms with Crippen molar-refractivity contribution in [1.29, 1.82) is 0 Å². The van der Waals surface area contributed by atoms with E-state index in [1.165, 1.54) is 30.3 Å². The van der Waals surface area contributed by atoms with Crippen LogP contribution in [0.1, 0.15) is 47.4 Å². The van der Waals surface area contributed by atoms with Crippen molar-refractivity contribution in [3.63, 3.8) is 0 Å². The number of esters is 1. The Bertz CT molecular complexity index is 1010. The van der Waals surface area contributed by atoms with Gasteiger partial charge in [-0.25, -0.2) is 4.79 Å². The van der Waals surface area contributed by atoms with E-state index >= 15 is 0 Å². The summed E-state index contributed by atoms with van der Waals surface area (Å²) in [5.41, 5.74) is 4.05. The second-order valence-electron chi connectivity index (χ2n) is 6.68. The number of hydrogen-bond acceptors (Lipinski definition) is 8. The maximum absolute atomic E-state index is 12.3. The van der Waals surface area contributed by atoms with Gasteiger partial charge in [0.05, 0.1) is 23.7 Å². The lowest BCUT2D eigenvalue weighted by molar-refractivity contribution is -0.384. The highest BCUT2D eigenvalue weighted by molar-refractivity contribution is 5.96. The summed E-state index contributed by atoms with van der Waals surface area (Å²) in [5.74, 6) is -1.44. The van der Waals surface area contributed by atoms with Crippen molar-refractivity contribution in [2.24, 2.45) is 0 Å². The van der Waals surface area contributed by atoms with E-state index in [0.29, 0.717) is 24.7 Å². The zero-order chi connectivity index (χ0) is 24.2. The van der Waals surface area contributed by atoms with Gasteiger partial charge in [-0.1, -0.05) is 19.4 Å². The molecule has 2 aromatic rings. The van der Waals surface area contributed by atoms with Crippen LogP contribution in [0, 0.1) is 10.1 Å². The van der Waals surface area contributed by atoms with Crippen LogP contribution in [0.3, 0.4) is 0 Å². The zero-order valence-electron chi connectivity index (χ0n) is 18.3. The molecule has 0 radical (unpaired) electrons. The van der Waals surface area contributed by atoms with Crippen LogP contribution < -0.4 is 20.3 Å². The highest BCUT2D eigenvalue weighted by atomic mass is 16.6. The summed E-state index contributed by atoms with van der Waals surface area (Å²) in [6.45, 7) is 4.07. The standard InChI is InChI=1S/C22H25N3O8/c1-3-5-11-32-18-10-9-16(13-19(18)31-4-2)22(28)33-14-20(26)23-24-21(27)15-7-6-8-17(12-15)25(29)30/h6-10,12-13H,3-5,11,14H2,1-2H3,(H,23,26)(H,24,27). The Morgan fingerprint density at radius 3 is 2.45 bits per heavy atom. The fourth-order valence-corrected chi connectivity index (χ4v) is 2.56. The van der Waals surface area contributed by atoms with Crippen LogP contribution in [0.15, 0.2) is 42.5 Å². The molecule has 0 unspecified atom stereocenters. The molecule has 2 aromatic carbocycles. The Labute approximate surface area is 190 Å². The Kier molecular flexibility index (Phi) is 9.62. The number of nitrogens with one attached hydrogen (secondary N) is 2. The average Bonchev–Trinajstić information content (AvgIpc) is 2.82. The van der Waals surface area contributed by atoms with Gasteiger partial charge in [0.15, 0.2) is 18.1 Å². The number of rotatable bonds is 11. The van der Waals surface area contributed by atoms with Crippen LogP contribution in [0.2, 0.25) is 0 Å². The smallest absolute Gasteiger partial charge is 0.338 e. The molecular weight excluding hydrogens is 434 g/mol. The maximum Gasteiger partial charge on any atom is 0.338 e. The number of amides is 2. The van der Waals surface area contributed by atoms with Gasteiger partial charge in [0.25, 0.3) is 17.5 Å². The Morgan fingerprint density at radius 2 is 1.76 bits per heavy atom. The topological polar surface area (TPSA) is 146 Å². The molecule has 0 aliphatic carbocycles. The molecular formula is C22H25N3O8. The molecule has 2 amide bonds. The molecule has 0 atom stereocenters. The summed E-state index contributed by atoms with van der Waals surface area (Å²) in [5, 5.41) is 10.8. The van der Waals surface area contributed by atoms with Gasteiger partial charge < -0.3 is 14.2 Å². The summed E-state index contributed by atoms with van der Waals surface area (Å²) < 4.78 is 16.1. The number of benzene rings is 2. The highest BCUT2D eigenvalue weighted by Gasteiger charge is 2.16. The summed E-state index contributed by atoms with van der Waals surface area (Å²) >= 11 is 0. The first-order valence-corrected chi connectivity index (χ1v) is 10.3. The van der Waals surface area contributed by atoms with Crippen molar-refractivity contribution in [2.45, 2.75) is 26.7 Å². The molecule has 0 bridgehead atoms. The van der Waals surface area contributed by atoms with E-state index in [-0.39, 0.29) is 16.8 Å². The second-order valence-corrected chi connectivity index (χ2v) is 6.68. The number of hydrazine groups is 1. The highest BCUT2D eigenvalue weighted by Crippen LogP contribution is 2.29. The monoisotopic (exact) mass is 459 g/mol. The molecule has 0 spiro atoms. The lowest BCUT2D eigenvalue weighted by Gasteiger charge is -2.13. The van der Waals surface area contributed by atoms with E-state index in [1.807, 2.05) is 6.92 Å². The van der Waals surface area contributed by atoms with Crippen molar-refractivity contribution in [3.8, 4) is 11.5 Å². The molecule has 11 nitrogen and oxygen atoms in total. The lowest BCUT2D eigenvalue weighted by Crippen LogP contribution is -2.43. The van der Waals surface area contributed by atoms with E-state index in [1.54, 1.807) is 13.0 Å².